The molecule has 0 aliphatic carbocycles. The lowest BCUT2D eigenvalue weighted by molar-refractivity contribution is -0.115. The number of carbonyl (C=O) groups excluding carboxylic acids is 1. The fraction of sp³-hybridized carbons (Fsp3) is 0.200. The first-order valence-corrected chi connectivity index (χ1v) is 9.52. The Labute approximate surface area is 162 Å². The molecule has 1 atom stereocenters. The fourth-order valence-corrected chi connectivity index (χ4v) is 3.58. The second kappa shape index (κ2) is 8.38. The van der Waals surface area contributed by atoms with Crippen molar-refractivity contribution in [3.63, 3.8) is 0 Å². The average molecular weight is 386 g/mol. The summed E-state index contributed by atoms with van der Waals surface area (Å²) in [5.74, 6) is 1.15. The van der Waals surface area contributed by atoms with Crippen molar-refractivity contribution in [2.45, 2.75) is 20.0 Å². The van der Waals surface area contributed by atoms with Crippen molar-refractivity contribution >= 4 is 40.3 Å². The molecule has 0 bridgehead atoms. The third-order valence-electron chi connectivity index (χ3n) is 3.78. The lowest BCUT2D eigenvalue weighted by atomic mass is 10.1. The Morgan fingerprint density at radius 3 is 2.62 bits per heavy atom. The SMILES string of the molecule is CCOc1cc(/C=C2/SC(=S)NC2=O)ccc1OC(C)c1ccccc1. The van der Waals surface area contributed by atoms with Gasteiger partial charge in [0.15, 0.2) is 11.5 Å². The standard InChI is InChI=1S/C20H19NO3S2/c1-3-23-17-11-14(12-18-19(22)21-20(25)26-18)9-10-16(17)24-13(2)15-7-5-4-6-8-15/h4-13H,3H2,1-2H3,(H,21,22,25)/b18-12+. The highest BCUT2D eigenvalue weighted by atomic mass is 32.2. The molecule has 0 spiro atoms. The molecular formula is C20H19NO3S2. The summed E-state index contributed by atoms with van der Waals surface area (Å²) in [4.78, 5) is 12.4. The number of hydrogen-bond donors (Lipinski definition) is 1. The molecule has 1 aliphatic rings. The molecule has 1 amide bonds. The second-order valence-corrected chi connectivity index (χ2v) is 7.38. The first-order chi connectivity index (χ1) is 12.6. The van der Waals surface area contributed by atoms with E-state index in [2.05, 4.69) is 5.32 Å². The zero-order valence-electron chi connectivity index (χ0n) is 14.5. The molecule has 4 nitrogen and oxygen atoms in total. The van der Waals surface area contributed by atoms with E-state index in [1.807, 2.05) is 62.4 Å². The topological polar surface area (TPSA) is 47.6 Å². The Bertz CT molecular complexity index is 849. The number of benzene rings is 2. The van der Waals surface area contributed by atoms with E-state index in [1.54, 1.807) is 6.08 Å². The highest BCUT2D eigenvalue weighted by Gasteiger charge is 2.22. The molecule has 6 heteroatoms. The van der Waals surface area contributed by atoms with Gasteiger partial charge in [-0.15, -0.1) is 0 Å². The van der Waals surface area contributed by atoms with Gasteiger partial charge in [0.25, 0.3) is 5.91 Å². The predicted octanol–water partition coefficient (Wildman–Crippen LogP) is 4.71. The minimum absolute atomic E-state index is 0.104. The van der Waals surface area contributed by atoms with Gasteiger partial charge >= 0.3 is 0 Å². The van der Waals surface area contributed by atoms with Gasteiger partial charge in [0.2, 0.25) is 0 Å². The fourth-order valence-electron chi connectivity index (χ4n) is 2.54. The monoisotopic (exact) mass is 385 g/mol. The van der Waals surface area contributed by atoms with Crippen molar-refractivity contribution in [1.29, 1.82) is 0 Å². The number of thiocarbonyl (C=S) groups is 1. The minimum atomic E-state index is -0.170. The molecule has 134 valence electrons. The van der Waals surface area contributed by atoms with E-state index < -0.39 is 0 Å². The number of amides is 1. The van der Waals surface area contributed by atoms with Crippen LogP contribution in [0.15, 0.2) is 53.4 Å². The van der Waals surface area contributed by atoms with Gasteiger partial charge in [-0.25, -0.2) is 0 Å². The summed E-state index contributed by atoms with van der Waals surface area (Å²) in [7, 11) is 0. The van der Waals surface area contributed by atoms with Crippen LogP contribution in [0.5, 0.6) is 11.5 Å². The van der Waals surface area contributed by atoms with E-state index in [0.717, 1.165) is 11.1 Å². The first-order valence-electron chi connectivity index (χ1n) is 8.30. The van der Waals surface area contributed by atoms with E-state index in [1.165, 1.54) is 11.8 Å². The Morgan fingerprint density at radius 2 is 1.96 bits per heavy atom. The number of ether oxygens (including phenoxy) is 2. The average Bonchev–Trinajstić information content (AvgIpc) is 2.95. The molecule has 2 aromatic carbocycles. The highest BCUT2D eigenvalue weighted by molar-refractivity contribution is 8.26. The van der Waals surface area contributed by atoms with Crippen LogP contribution in [-0.4, -0.2) is 16.8 Å². The normalized spacial score (nSPS) is 16.5. The van der Waals surface area contributed by atoms with Crippen LogP contribution >= 0.6 is 24.0 Å². The summed E-state index contributed by atoms with van der Waals surface area (Å²) in [5.41, 5.74) is 1.95. The van der Waals surface area contributed by atoms with Crippen LogP contribution in [0.4, 0.5) is 0 Å². The maximum Gasteiger partial charge on any atom is 0.263 e. The molecule has 26 heavy (non-hydrogen) atoms. The molecule has 1 aliphatic heterocycles. The zero-order valence-corrected chi connectivity index (χ0v) is 16.2. The predicted molar refractivity (Wildman–Crippen MR) is 109 cm³/mol. The van der Waals surface area contributed by atoms with Gasteiger partial charge in [0.05, 0.1) is 11.5 Å². The van der Waals surface area contributed by atoms with Crippen molar-refractivity contribution < 1.29 is 14.3 Å². The van der Waals surface area contributed by atoms with Crippen LogP contribution < -0.4 is 14.8 Å². The summed E-state index contributed by atoms with van der Waals surface area (Å²) in [6, 6.07) is 15.7. The maximum atomic E-state index is 11.8. The lowest BCUT2D eigenvalue weighted by Crippen LogP contribution is -2.17. The van der Waals surface area contributed by atoms with E-state index in [9.17, 15) is 4.79 Å². The summed E-state index contributed by atoms with van der Waals surface area (Å²) >= 11 is 6.28. The number of nitrogens with one attached hydrogen (secondary N) is 1. The Balaban J connectivity index is 1.84. The third kappa shape index (κ3) is 4.45. The molecule has 2 aromatic rings. The smallest absolute Gasteiger partial charge is 0.263 e. The summed E-state index contributed by atoms with van der Waals surface area (Å²) in [6.45, 7) is 4.45. The number of carbonyl (C=O) groups is 1. The van der Waals surface area contributed by atoms with Gasteiger partial charge in [0.1, 0.15) is 10.4 Å². The third-order valence-corrected chi connectivity index (χ3v) is 4.94. The maximum absolute atomic E-state index is 11.8. The van der Waals surface area contributed by atoms with E-state index in [-0.39, 0.29) is 12.0 Å². The van der Waals surface area contributed by atoms with Crippen molar-refractivity contribution in [2.24, 2.45) is 0 Å². The van der Waals surface area contributed by atoms with Gasteiger partial charge in [-0.2, -0.15) is 0 Å². The van der Waals surface area contributed by atoms with Gasteiger partial charge < -0.3 is 14.8 Å². The van der Waals surface area contributed by atoms with Crippen LogP contribution in [-0.2, 0) is 4.79 Å². The molecule has 1 saturated heterocycles. The zero-order chi connectivity index (χ0) is 18.5. The van der Waals surface area contributed by atoms with Crippen LogP contribution in [0.3, 0.4) is 0 Å². The molecule has 1 unspecified atom stereocenters. The minimum Gasteiger partial charge on any atom is -0.490 e. The van der Waals surface area contributed by atoms with Crippen LogP contribution in [0.1, 0.15) is 31.1 Å². The van der Waals surface area contributed by atoms with Crippen molar-refractivity contribution in [3.05, 3.63) is 64.6 Å². The second-order valence-electron chi connectivity index (χ2n) is 5.66. The molecular weight excluding hydrogens is 366 g/mol. The van der Waals surface area contributed by atoms with Crippen LogP contribution in [0.2, 0.25) is 0 Å². The quantitative estimate of drug-likeness (QED) is 0.576. The van der Waals surface area contributed by atoms with Crippen molar-refractivity contribution in [2.75, 3.05) is 6.61 Å². The molecule has 1 N–H and O–H groups in total. The largest absolute Gasteiger partial charge is 0.490 e. The Morgan fingerprint density at radius 1 is 1.19 bits per heavy atom. The molecule has 1 heterocycles. The molecule has 3 rings (SSSR count). The van der Waals surface area contributed by atoms with Gasteiger partial charge in [0, 0.05) is 0 Å². The number of rotatable bonds is 6. The summed E-state index contributed by atoms with van der Waals surface area (Å²) < 4.78 is 12.3. The summed E-state index contributed by atoms with van der Waals surface area (Å²) in [5, 5.41) is 2.61. The van der Waals surface area contributed by atoms with Crippen molar-refractivity contribution in [3.8, 4) is 11.5 Å². The first kappa shape index (κ1) is 18.5. The highest BCUT2D eigenvalue weighted by Crippen LogP contribution is 2.34. The van der Waals surface area contributed by atoms with E-state index in [0.29, 0.717) is 27.3 Å². The molecule has 0 aromatic heterocycles. The Kier molecular flexibility index (Phi) is 5.96. The van der Waals surface area contributed by atoms with Gasteiger partial charge in [-0.3, -0.25) is 4.79 Å². The molecule has 1 fully saturated rings. The lowest BCUT2D eigenvalue weighted by Gasteiger charge is -2.18. The van der Waals surface area contributed by atoms with Crippen LogP contribution in [0.25, 0.3) is 6.08 Å². The number of hydrogen-bond acceptors (Lipinski definition) is 5. The van der Waals surface area contributed by atoms with Gasteiger partial charge in [-0.1, -0.05) is 60.4 Å². The Hall–Kier alpha value is -2.31. The van der Waals surface area contributed by atoms with Crippen molar-refractivity contribution in [1.82, 2.24) is 5.32 Å². The van der Waals surface area contributed by atoms with E-state index in [4.69, 9.17) is 21.7 Å². The molecule has 0 saturated carbocycles. The summed E-state index contributed by atoms with van der Waals surface area (Å²) in [6.07, 6.45) is 1.69. The number of thioether (sulfide) groups is 1. The van der Waals surface area contributed by atoms with Gasteiger partial charge in [-0.05, 0) is 43.2 Å². The van der Waals surface area contributed by atoms with Crippen LogP contribution in [0, 0.1) is 0 Å². The van der Waals surface area contributed by atoms with E-state index >= 15 is 0 Å². The molecule has 0 radical (unpaired) electrons.